The van der Waals surface area contributed by atoms with Crippen molar-refractivity contribution in [1.82, 2.24) is 5.32 Å². The molecule has 0 aromatic heterocycles. The fourth-order valence-electron chi connectivity index (χ4n) is 2.87. The summed E-state index contributed by atoms with van der Waals surface area (Å²) in [6, 6.07) is 6.79. The Morgan fingerprint density at radius 2 is 2.00 bits per heavy atom. The molecule has 2 rings (SSSR count). The Labute approximate surface area is 136 Å². The molecule has 0 heterocycles. The molecule has 1 fully saturated rings. The van der Waals surface area contributed by atoms with Crippen molar-refractivity contribution in [3.63, 3.8) is 0 Å². The summed E-state index contributed by atoms with van der Waals surface area (Å²) in [5.41, 5.74) is 0.275. The first-order chi connectivity index (χ1) is 10.5. The molecule has 1 aliphatic rings. The van der Waals surface area contributed by atoms with Crippen LogP contribution in [0.1, 0.15) is 43.5 Å². The number of hydrogen-bond acceptors (Lipinski definition) is 3. The quantitative estimate of drug-likeness (QED) is 0.864. The van der Waals surface area contributed by atoms with Gasteiger partial charge in [-0.25, -0.2) is 4.79 Å². The normalized spacial score (nSPS) is 24.6. The molecule has 1 N–H and O–H groups in total. The molecule has 0 spiro atoms. The number of halogens is 1. The number of rotatable bonds is 4. The fourth-order valence-corrected chi connectivity index (χ4v) is 3.08. The number of carbonyl (C=O) groups excluding carboxylic acids is 2. The zero-order valence-corrected chi connectivity index (χ0v) is 13.7. The average Bonchev–Trinajstić information content (AvgIpc) is 2.50. The minimum Gasteiger partial charge on any atom is -0.452 e. The van der Waals surface area contributed by atoms with Gasteiger partial charge in [0.2, 0.25) is 0 Å². The lowest BCUT2D eigenvalue weighted by atomic mass is 9.78. The lowest BCUT2D eigenvalue weighted by Gasteiger charge is -2.34. The maximum atomic E-state index is 12.0. The first-order valence-electron chi connectivity index (χ1n) is 7.70. The van der Waals surface area contributed by atoms with E-state index in [0.717, 1.165) is 12.8 Å². The maximum absolute atomic E-state index is 12.0. The SMILES string of the molecule is C[C@@H]1[C@H](C)CCC[C@H]1NC(=O)COC(=O)c1ccccc1Cl. The van der Waals surface area contributed by atoms with Crippen LogP contribution in [0.15, 0.2) is 24.3 Å². The smallest absolute Gasteiger partial charge is 0.340 e. The van der Waals surface area contributed by atoms with E-state index in [9.17, 15) is 9.59 Å². The molecule has 0 unspecified atom stereocenters. The van der Waals surface area contributed by atoms with E-state index in [4.69, 9.17) is 16.3 Å². The third-order valence-corrected chi connectivity index (χ3v) is 4.81. The predicted molar refractivity (Wildman–Crippen MR) is 85.8 cm³/mol. The third-order valence-electron chi connectivity index (χ3n) is 4.48. The van der Waals surface area contributed by atoms with Crippen molar-refractivity contribution in [3.05, 3.63) is 34.9 Å². The molecule has 1 aromatic rings. The van der Waals surface area contributed by atoms with Crippen LogP contribution in [0.2, 0.25) is 5.02 Å². The van der Waals surface area contributed by atoms with Crippen molar-refractivity contribution in [2.24, 2.45) is 11.8 Å². The van der Waals surface area contributed by atoms with Crippen LogP contribution in [0, 0.1) is 11.8 Å². The first-order valence-corrected chi connectivity index (χ1v) is 8.08. The van der Waals surface area contributed by atoms with Gasteiger partial charge in [0.1, 0.15) is 0 Å². The molecular formula is C17H22ClNO3. The lowest BCUT2D eigenvalue weighted by molar-refractivity contribution is -0.125. The van der Waals surface area contributed by atoms with Crippen LogP contribution >= 0.6 is 11.6 Å². The van der Waals surface area contributed by atoms with Gasteiger partial charge in [0.05, 0.1) is 10.6 Å². The van der Waals surface area contributed by atoms with Crippen molar-refractivity contribution in [2.45, 2.75) is 39.2 Å². The summed E-state index contributed by atoms with van der Waals surface area (Å²) < 4.78 is 5.04. The second kappa shape index (κ2) is 7.63. The molecule has 5 heteroatoms. The van der Waals surface area contributed by atoms with E-state index in [-0.39, 0.29) is 24.1 Å². The number of ether oxygens (including phenoxy) is 1. The summed E-state index contributed by atoms with van der Waals surface area (Å²) in [4.78, 5) is 23.9. The summed E-state index contributed by atoms with van der Waals surface area (Å²) in [6.45, 7) is 4.09. The Balaban J connectivity index is 1.83. The molecule has 1 saturated carbocycles. The summed E-state index contributed by atoms with van der Waals surface area (Å²) in [5.74, 6) is 0.207. The Bertz CT molecular complexity index is 546. The molecular weight excluding hydrogens is 302 g/mol. The van der Waals surface area contributed by atoms with Gasteiger partial charge in [0.25, 0.3) is 5.91 Å². The Kier molecular flexibility index (Phi) is 5.83. The second-order valence-electron chi connectivity index (χ2n) is 6.00. The van der Waals surface area contributed by atoms with Crippen LogP contribution in [0.3, 0.4) is 0 Å². The number of nitrogens with one attached hydrogen (secondary N) is 1. The van der Waals surface area contributed by atoms with E-state index in [0.29, 0.717) is 16.9 Å². The van der Waals surface area contributed by atoms with Gasteiger partial charge in [-0.15, -0.1) is 0 Å². The van der Waals surface area contributed by atoms with E-state index in [2.05, 4.69) is 19.2 Å². The van der Waals surface area contributed by atoms with Gasteiger partial charge in [-0.2, -0.15) is 0 Å². The van der Waals surface area contributed by atoms with Crippen LogP contribution in [0.25, 0.3) is 0 Å². The fraction of sp³-hybridized carbons (Fsp3) is 0.529. The summed E-state index contributed by atoms with van der Waals surface area (Å²) in [6.07, 6.45) is 3.31. The molecule has 1 aliphatic carbocycles. The minimum atomic E-state index is -0.578. The average molecular weight is 324 g/mol. The molecule has 0 bridgehead atoms. The standard InChI is InChI=1S/C17H22ClNO3/c1-11-6-5-9-15(12(11)2)19-16(20)10-22-17(21)13-7-3-4-8-14(13)18/h3-4,7-8,11-12,15H,5-6,9-10H2,1-2H3,(H,19,20)/t11-,12-,15-/m1/s1. The van der Waals surface area contributed by atoms with E-state index in [1.165, 1.54) is 6.42 Å². The molecule has 0 radical (unpaired) electrons. The molecule has 120 valence electrons. The highest BCUT2D eigenvalue weighted by atomic mass is 35.5. The summed E-state index contributed by atoms with van der Waals surface area (Å²) in [7, 11) is 0. The van der Waals surface area contributed by atoms with Gasteiger partial charge in [0.15, 0.2) is 6.61 Å². The van der Waals surface area contributed by atoms with Crippen LogP contribution in [0.4, 0.5) is 0 Å². The molecule has 3 atom stereocenters. The molecule has 1 amide bonds. The number of benzene rings is 1. The van der Waals surface area contributed by atoms with Crippen molar-refractivity contribution in [2.75, 3.05) is 6.61 Å². The van der Waals surface area contributed by atoms with Gasteiger partial charge in [0, 0.05) is 6.04 Å². The topological polar surface area (TPSA) is 55.4 Å². The van der Waals surface area contributed by atoms with E-state index >= 15 is 0 Å². The van der Waals surface area contributed by atoms with E-state index in [1.54, 1.807) is 24.3 Å². The van der Waals surface area contributed by atoms with Gasteiger partial charge >= 0.3 is 5.97 Å². The van der Waals surface area contributed by atoms with Crippen LogP contribution in [0.5, 0.6) is 0 Å². The second-order valence-corrected chi connectivity index (χ2v) is 6.40. The number of esters is 1. The lowest BCUT2D eigenvalue weighted by Crippen LogP contribution is -2.45. The van der Waals surface area contributed by atoms with Gasteiger partial charge < -0.3 is 10.1 Å². The van der Waals surface area contributed by atoms with Crippen molar-refractivity contribution in [1.29, 1.82) is 0 Å². The molecule has 0 saturated heterocycles. The van der Waals surface area contributed by atoms with E-state index < -0.39 is 5.97 Å². The Hall–Kier alpha value is -1.55. The van der Waals surface area contributed by atoms with Crippen LogP contribution < -0.4 is 5.32 Å². The van der Waals surface area contributed by atoms with Gasteiger partial charge in [-0.1, -0.05) is 50.4 Å². The van der Waals surface area contributed by atoms with Crippen LogP contribution in [-0.4, -0.2) is 24.5 Å². The number of carbonyl (C=O) groups is 2. The highest BCUT2D eigenvalue weighted by Gasteiger charge is 2.28. The Morgan fingerprint density at radius 3 is 2.73 bits per heavy atom. The molecule has 1 aromatic carbocycles. The zero-order chi connectivity index (χ0) is 16.1. The first kappa shape index (κ1) is 16.8. The largest absolute Gasteiger partial charge is 0.452 e. The van der Waals surface area contributed by atoms with Gasteiger partial charge in [-0.05, 0) is 30.4 Å². The minimum absolute atomic E-state index is 0.162. The van der Waals surface area contributed by atoms with Crippen LogP contribution in [-0.2, 0) is 9.53 Å². The van der Waals surface area contributed by atoms with Gasteiger partial charge in [-0.3, -0.25) is 4.79 Å². The molecule has 0 aliphatic heterocycles. The number of hydrogen-bond donors (Lipinski definition) is 1. The van der Waals surface area contributed by atoms with Crippen molar-refractivity contribution in [3.8, 4) is 0 Å². The highest BCUT2D eigenvalue weighted by molar-refractivity contribution is 6.33. The van der Waals surface area contributed by atoms with Crippen molar-refractivity contribution < 1.29 is 14.3 Å². The van der Waals surface area contributed by atoms with E-state index in [1.807, 2.05) is 0 Å². The monoisotopic (exact) mass is 323 g/mol. The maximum Gasteiger partial charge on any atom is 0.340 e. The third kappa shape index (κ3) is 4.23. The predicted octanol–water partition coefficient (Wildman–Crippen LogP) is 3.44. The molecule has 22 heavy (non-hydrogen) atoms. The zero-order valence-electron chi connectivity index (χ0n) is 13.0. The summed E-state index contributed by atoms with van der Waals surface area (Å²) >= 11 is 5.92. The number of amides is 1. The van der Waals surface area contributed by atoms with Crippen molar-refractivity contribution >= 4 is 23.5 Å². The highest BCUT2D eigenvalue weighted by Crippen LogP contribution is 2.29. The molecule has 4 nitrogen and oxygen atoms in total. The Morgan fingerprint density at radius 1 is 1.27 bits per heavy atom. The summed E-state index contributed by atoms with van der Waals surface area (Å²) in [5, 5.41) is 3.29.